The maximum absolute atomic E-state index is 12.7. The van der Waals surface area contributed by atoms with Crippen molar-refractivity contribution in [3.63, 3.8) is 0 Å². The Bertz CT molecular complexity index is 834. The lowest BCUT2D eigenvalue weighted by Crippen LogP contribution is -2.51. The van der Waals surface area contributed by atoms with Gasteiger partial charge in [-0.15, -0.1) is 0 Å². The van der Waals surface area contributed by atoms with E-state index in [9.17, 15) is 21.6 Å². The Morgan fingerprint density at radius 1 is 1.27 bits per heavy atom. The van der Waals surface area contributed by atoms with Crippen LogP contribution in [0.2, 0.25) is 0 Å². The molecule has 1 aromatic heterocycles. The molecule has 0 unspecified atom stereocenters. The summed E-state index contributed by atoms with van der Waals surface area (Å²) >= 11 is 0. The second kappa shape index (κ2) is 9.38. The van der Waals surface area contributed by atoms with Gasteiger partial charge in [0.05, 0.1) is 6.61 Å². The molecule has 2 N–H and O–H groups in total. The van der Waals surface area contributed by atoms with Gasteiger partial charge in [-0.2, -0.15) is 17.5 Å². The molecule has 1 aliphatic heterocycles. The zero-order valence-corrected chi connectivity index (χ0v) is 17.5. The molecule has 1 saturated heterocycles. The number of rotatable bonds is 7. The molecule has 0 atom stereocenters. The maximum atomic E-state index is 12.7. The minimum Gasteiger partial charge on any atom is -0.477 e. The highest BCUT2D eigenvalue weighted by Gasteiger charge is 2.50. The SMILES string of the molecule is CN=C(NCc1ccc(OCC2CC2)nc1)NC1CCN(S(=O)(=O)C(F)(F)F)CC1. The Balaban J connectivity index is 1.43. The molecular formula is C18H26F3N5O3S. The lowest BCUT2D eigenvalue weighted by molar-refractivity contribution is -0.0494. The van der Waals surface area contributed by atoms with Crippen LogP contribution in [0.5, 0.6) is 5.88 Å². The first-order chi connectivity index (χ1) is 14.2. The first-order valence-electron chi connectivity index (χ1n) is 9.80. The number of aromatic nitrogens is 1. The summed E-state index contributed by atoms with van der Waals surface area (Å²) in [5.41, 5.74) is -4.35. The van der Waals surface area contributed by atoms with E-state index in [-0.39, 0.29) is 32.0 Å². The van der Waals surface area contributed by atoms with Crippen LogP contribution in [0.4, 0.5) is 13.2 Å². The summed E-state index contributed by atoms with van der Waals surface area (Å²) in [6.45, 7) is 0.770. The Kier molecular flexibility index (Phi) is 7.06. The van der Waals surface area contributed by atoms with Gasteiger partial charge in [0.15, 0.2) is 5.96 Å². The first kappa shape index (κ1) is 22.6. The van der Waals surface area contributed by atoms with Gasteiger partial charge in [-0.1, -0.05) is 6.07 Å². The second-order valence-corrected chi connectivity index (χ2v) is 9.38. The number of hydrogen-bond donors (Lipinski definition) is 2. The fourth-order valence-corrected chi connectivity index (χ4v) is 4.03. The van der Waals surface area contributed by atoms with Gasteiger partial charge in [0.2, 0.25) is 5.88 Å². The summed E-state index contributed by atoms with van der Waals surface area (Å²) in [6.07, 6.45) is 4.65. The van der Waals surface area contributed by atoms with Crippen LogP contribution in [0.3, 0.4) is 0 Å². The van der Waals surface area contributed by atoms with E-state index in [4.69, 9.17) is 4.74 Å². The minimum absolute atomic E-state index is 0.174. The molecule has 12 heteroatoms. The van der Waals surface area contributed by atoms with Crippen LogP contribution in [0, 0.1) is 5.92 Å². The third kappa shape index (κ3) is 5.97. The van der Waals surface area contributed by atoms with Crippen molar-refractivity contribution in [1.82, 2.24) is 19.9 Å². The molecule has 2 aliphatic rings. The summed E-state index contributed by atoms with van der Waals surface area (Å²) < 4.78 is 67.0. The van der Waals surface area contributed by atoms with Crippen molar-refractivity contribution < 1.29 is 26.3 Å². The number of halogens is 3. The highest BCUT2D eigenvalue weighted by molar-refractivity contribution is 7.90. The number of alkyl halides is 3. The third-order valence-electron chi connectivity index (χ3n) is 5.07. The fourth-order valence-electron chi connectivity index (χ4n) is 3.05. The van der Waals surface area contributed by atoms with Crippen molar-refractivity contribution in [3.8, 4) is 5.88 Å². The number of ether oxygens (including phenoxy) is 1. The van der Waals surface area contributed by atoms with E-state index in [2.05, 4.69) is 20.6 Å². The molecule has 2 heterocycles. The van der Waals surface area contributed by atoms with Gasteiger partial charge in [-0.05, 0) is 37.2 Å². The van der Waals surface area contributed by atoms with Crippen molar-refractivity contribution in [3.05, 3.63) is 23.9 Å². The van der Waals surface area contributed by atoms with E-state index < -0.39 is 15.5 Å². The molecule has 8 nitrogen and oxygen atoms in total. The summed E-state index contributed by atoms with van der Waals surface area (Å²) in [6, 6.07) is 3.54. The van der Waals surface area contributed by atoms with Gasteiger partial charge in [0.1, 0.15) is 0 Å². The van der Waals surface area contributed by atoms with Crippen molar-refractivity contribution in [2.24, 2.45) is 10.9 Å². The average molecular weight is 449 g/mol. The monoisotopic (exact) mass is 449 g/mol. The smallest absolute Gasteiger partial charge is 0.477 e. The van der Waals surface area contributed by atoms with E-state index >= 15 is 0 Å². The van der Waals surface area contributed by atoms with Crippen LogP contribution in [-0.4, -0.2) is 62.0 Å². The maximum Gasteiger partial charge on any atom is 0.511 e. The van der Waals surface area contributed by atoms with Gasteiger partial charge in [-0.25, -0.2) is 13.4 Å². The Hall–Kier alpha value is -2.08. The summed E-state index contributed by atoms with van der Waals surface area (Å²) in [7, 11) is -3.68. The molecule has 0 radical (unpaired) electrons. The quantitative estimate of drug-likeness (QED) is 0.487. The Labute approximate surface area is 174 Å². The summed E-state index contributed by atoms with van der Waals surface area (Å²) in [4.78, 5) is 8.39. The van der Waals surface area contributed by atoms with Crippen molar-refractivity contribution in [2.45, 2.75) is 43.8 Å². The number of pyridine rings is 1. The number of guanidine groups is 1. The van der Waals surface area contributed by atoms with Gasteiger partial charge < -0.3 is 15.4 Å². The van der Waals surface area contributed by atoms with E-state index in [1.165, 1.54) is 12.8 Å². The third-order valence-corrected chi connectivity index (χ3v) is 6.70. The van der Waals surface area contributed by atoms with Crippen molar-refractivity contribution in [2.75, 3.05) is 26.7 Å². The average Bonchev–Trinajstić information content (AvgIpc) is 3.54. The number of nitrogens with one attached hydrogen (secondary N) is 2. The molecule has 30 heavy (non-hydrogen) atoms. The molecule has 0 aromatic carbocycles. The molecule has 1 saturated carbocycles. The predicted octanol–water partition coefficient (Wildman–Crippen LogP) is 1.85. The van der Waals surface area contributed by atoms with Crippen molar-refractivity contribution >= 4 is 16.0 Å². The van der Waals surface area contributed by atoms with Crippen LogP contribution in [0.25, 0.3) is 0 Å². The number of piperidine rings is 1. The normalized spacial score (nSPS) is 19.5. The highest BCUT2D eigenvalue weighted by atomic mass is 32.2. The molecule has 0 spiro atoms. The number of sulfonamides is 1. The summed E-state index contributed by atoms with van der Waals surface area (Å²) in [5, 5.41) is 6.25. The summed E-state index contributed by atoms with van der Waals surface area (Å²) in [5.74, 6) is 1.73. The second-order valence-electron chi connectivity index (χ2n) is 7.45. The van der Waals surface area contributed by atoms with Gasteiger partial charge >= 0.3 is 15.5 Å². The highest BCUT2D eigenvalue weighted by Crippen LogP contribution is 2.29. The molecule has 0 bridgehead atoms. The molecule has 3 rings (SSSR count). The molecule has 168 valence electrons. The van der Waals surface area contributed by atoms with Gasteiger partial charge in [0, 0.05) is 45.0 Å². The molecule has 1 aliphatic carbocycles. The van der Waals surface area contributed by atoms with Crippen molar-refractivity contribution in [1.29, 1.82) is 0 Å². The molecular weight excluding hydrogens is 423 g/mol. The Morgan fingerprint density at radius 2 is 1.97 bits per heavy atom. The Morgan fingerprint density at radius 3 is 2.50 bits per heavy atom. The van der Waals surface area contributed by atoms with Crippen LogP contribution in [0.1, 0.15) is 31.2 Å². The lowest BCUT2D eigenvalue weighted by Gasteiger charge is -2.32. The number of hydrogen-bond acceptors (Lipinski definition) is 5. The van der Waals surface area contributed by atoms with Crippen LogP contribution in [-0.2, 0) is 16.6 Å². The molecule has 0 amide bonds. The topological polar surface area (TPSA) is 95.9 Å². The minimum atomic E-state index is -5.27. The van der Waals surface area contributed by atoms with E-state index in [1.54, 1.807) is 13.2 Å². The molecule has 2 fully saturated rings. The van der Waals surface area contributed by atoms with Gasteiger partial charge in [0.25, 0.3) is 0 Å². The number of nitrogens with zero attached hydrogens (tertiary/aromatic N) is 3. The van der Waals surface area contributed by atoms with Gasteiger partial charge in [-0.3, -0.25) is 4.99 Å². The predicted molar refractivity (Wildman–Crippen MR) is 105 cm³/mol. The first-order valence-corrected chi connectivity index (χ1v) is 11.2. The standard InChI is InChI=1S/C18H26F3N5O3S/c1-22-17(24-11-14-4-5-16(23-10-14)29-12-13-2-3-13)25-15-6-8-26(9-7-15)30(27,28)18(19,20)21/h4-5,10,13,15H,2-3,6-9,11-12H2,1H3,(H2,22,24,25). The zero-order chi connectivity index (χ0) is 21.8. The molecule has 1 aromatic rings. The van der Waals surface area contributed by atoms with Crippen LogP contribution >= 0.6 is 0 Å². The fraction of sp³-hybridized carbons (Fsp3) is 0.667. The van der Waals surface area contributed by atoms with E-state index in [1.807, 2.05) is 12.1 Å². The van der Waals surface area contributed by atoms with E-state index in [0.29, 0.717) is 35.2 Å². The van der Waals surface area contributed by atoms with Crippen LogP contribution < -0.4 is 15.4 Å². The van der Waals surface area contributed by atoms with E-state index in [0.717, 1.165) is 5.56 Å². The lowest BCUT2D eigenvalue weighted by atomic mass is 10.1. The largest absolute Gasteiger partial charge is 0.511 e. The van der Waals surface area contributed by atoms with Crippen LogP contribution in [0.15, 0.2) is 23.3 Å². The number of aliphatic imine (C=N–C) groups is 1. The zero-order valence-electron chi connectivity index (χ0n) is 16.7.